The van der Waals surface area contributed by atoms with Crippen molar-refractivity contribution in [3.8, 4) is 0 Å². The van der Waals surface area contributed by atoms with Crippen molar-refractivity contribution in [1.82, 2.24) is 10.6 Å². The molecule has 0 aromatic heterocycles. The lowest BCUT2D eigenvalue weighted by atomic mass is 9.79. The van der Waals surface area contributed by atoms with Crippen LogP contribution in [0.5, 0.6) is 0 Å². The Bertz CT molecular complexity index is 118. The van der Waals surface area contributed by atoms with E-state index in [1.807, 2.05) is 0 Å². The summed E-state index contributed by atoms with van der Waals surface area (Å²) < 4.78 is 0. The maximum Gasteiger partial charge on any atom is 0.0947 e. The normalized spacial score (nSPS) is 33.0. The molecule has 0 aromatic rings. The first-order chi connectivity index (χ1) is 4.31. The van der Waals surface area contributed by atoms with E-state index in [1.165, 1.54) is 0 Å². The summed E-state index contributed by atoms with van der Waals surface area (Å²) in [6.45, 7) is 3.58. The summed E-state index contributed by atoms with van der Waals surface area (Å²) >= 11 is 0. The minimum Gasteiger partial charge on any atom is -0.387 e. The topological polar surface area (TPSA) is 44.3 Å². The molecular formula is C6H12N2O. The smallest absolute Gasteiger partial charge is 0.0947 e. The summed E-state index contributed by atoms with van der Waals surface area (Å²) in [6, 6.07) is 0. The van der Waals surface area contributed by atoms with Crippen LogP contribution < -0.4 is 10.6 Å². The van der Waals surface area contributed by atoms with Gasteiger partial charge in [0.1, 0.15) is 0 Å². The minimum atomic E-state index is -0.356. The van der Waals surface area contributed by atoms with Gasteiger partial charge in [0.2, 0.25) is 0 Å². The molecule has 0 radical (unpaired) electrons. The fraction of sp³-hybridized carbons (Fsp3) is 1.00. The molecule has 3 nitrogen and oxygen atoms in total. The van der Waals surface area contributed by atoms with E-state index in [-0.39, 0.29) is 5.60 Å². The Morgan fingerprint density at radius 3 is 2.00 bits per heavy atom. The van der Waals surface area contributed by atoms with Gasteiger partial charge in [0.05, 0.1) is 5.60 Å². The number of nitrogens with one attached hydrogen (secondary N) is 2. The third kappa shape index (κ3) is 0.689. The molecule has 3 heteroatoms. The summed E-state index contributed by atoms with van der Waals surface area (Å²) in [7, 11) is 0. The lowest BCUT2D eigenvalue weighted by Gasteiger charge is -2.48. The molecule has 2 aliphatic heterocycles. The second-order valence-corrected chi connectivity index (χ2v) is 3.06. The Hall–Kier alpha value is -0.120. The van der Waals surface area contributed by atoms with E-state index >= 15 is 0 Å². The molecule has 0 aromatic carbocycles. The van der Waals surface area contributed by atoms with Gasteiger partial charge in [-0.25, -0.2) is 0 Å². The molecule has 9 heavy (non-hydrogen) atoms. The minimum absolute atomic E-state index is 0.356. The zero-order valence-corrected chi connectivity index (χ0v) is 5.35. The molecule has 2 fully saturated rings. The van der Waals surface area contributed by atoms with E-state index in [0.717, 1.165) is 26.2 Å². The second kappa shape index (κ2) is 1.68. The maximum absolute atomic E-state index is 9.63. The SMILES string of the molecule is OC1(C2CNC2)CNC1. The van der Waals surface area contributed by atoms with E-state index in [0.29, 0.717) is 5.92 Å². The van der Waals surface area contributed by atoms with Gasteiger partial charge >= 0.3 is 0 Å². The molecule has 2 heterocycles. The van der Waals surface area contributed by atoms with Crippen LogP contribution in [0.4, 0.5) is 0 Å². The van der Waals surface area contributed by atoms with Gasteiger partial charge in [-0.2, -0.15) is 0 Å². The highest BCUT2D eigenvalue weighted by Crippen LogP contribution is 2.24. The van der Waals surface area contributed by atoms with Crippen LogP contribution in [0.1, 0.15) is 0 Å². The van der Waals surface area contributed by atoms with Crippen molar-refractivity contribution < 1.29 is 5.11 Å². The van der Waals surface area contributed by atoms with E-state index in [9.17, 15) is 5.11 Å². The molecule has 0 aliphatic carbocycles. The van der Waals surface area contributed by atoms with Gasteiger partial charge in [-0.05, 0) is 0 Å². The van der Waals surface area contributed by atoms with Gasteiger partial charge in [0.15, 0.2) is 0 Å². The zero-order chi connectivity index (χ0) is 6.32. The highest BCUT2D eigenvalue weighted by atomic mass is 16.3. The Morgan fingerprint density at radius 2 is 1.89 bits per heavy atom. The fourth-order valence-electron chi connectivity index (χ4n) is 1.34. The summed E-state index contributed by atoms with van der Waals surface area (Å²) in [6.07, 6.45) is 0. The molecular weight excluding hydrogens is 116 g/mol. The molecule has 0 atom stereocenters. The van der Waals surface area contributed by atoms with Gasteiger partial charge in [-0.3, -0.25) is 0 Å². The number of aliphatic hydroxyl groups is 1. The Kier molecular flexibility index (Phi) is 1.06. The van der Waals surface area contributed by atoms with Gasteiger partial charge in [0.25, 0.3) is 0 Å². The first kappa shape index (κ1) is 5.65. The van der Waals surface area contributed by atoms with Crippen molar-refractivity contribution >= 4 is 0 Å². The Labute approximate surface area is 54.4 Å². The maximum atomic E-state index is 9.63. The van der Waals surface area contributed by atoms with Crippen LogP contribution in [0.25, 0.3) is 0 Å². The molecule has 0 amide bonds. The summed E-state index contributed by atoms with van der Waals surface area (Å²) in [4.78, 5) is 0. The van der Waals surface area contributed by atoms with Crippen LogP contribution in [0, 0.1) is 5.92 Å². The van der Waals surface area contributed by atoms with Gasteiger partial charge < -0.3 is 15.7 Å². The first-order valence-electron chi connectivity index (χ1n) is 3.45. The van der Waals surface area contributed by atoms with Gasteiger partial charge in [0, 0.05) is 32.1 Å². The predicted molar refractivity (Wildman–Crippen MR) is 34.2 cm³/mol. The Morgan fingerprint density at radius 1 is 1.22 bits per heavy atom. The molecule has 0 saturated carbocycles. The number of rotatable bonds is 1. The van der Waals surface area contributed by atoms with Crippen molar-refractivity contribution in [2.75, 3.05) is 26.2 Å². The van der Waals surface area contributed by atoms with Crippen molar-refractivity contribution in [3.05, 3.63) is 0 Å². The summed E-state index contributed by atoms with van der Waals surface area (Å²) in [5.41, 5.74) is -0.356. The molecule has 2 rings (SSSR count). The second-order valence-electron chi connectivity index (χ2n) is 3.06. The zero-order valence-electron chi connectivity index (χ0n) is 5.35. The third-order valence-electron chi connectivity index (χ3n) is 2.40. The Balaban J connectivity index is 1.94. The number of hydrogen-bond donors (Lipinski definition) is 3. The average Bonchev–Trinajstić information content (AvgIpc) is 1.56. The molecule has 2 aliphatic rings. The van der Waals surface area contributed by atoms with Gasteiger partial charge in [-0.1, -0.05) is 0 Å². The number of β-amino-alcohol motifs (C(OH)–C–C–N with tert-alkyl or cyclic N) is 1. The van der Waals surface area contributed by atoms with Crippen molar-refractivity contribution in [1.29, 1.82) is 0 Å². The monoisotopic (exact) mass is 128 g/mol. The van der Waals surface area contributed by atoms with E-state index < -0.39 is 0 Å². The van der Waals surface area contributed by atoms with Gasteiger partial charge in [-0.15, -0.1) is 0 Å². The van der Waals surface area contributed by atoms with Crippen LogP contribution in [0.2, 0.25) is 0 Å². The third-order valence-corrected chi connectivity index (χ3v) is 2.40. The first-order valence-corrected chi connectivity index (χ1v) is 3.45. The highest BCUT2D eigenvalue weighted by molar-refractivity contribution is 5.02. The lowest BCUT2D eigenvalue weighted by Crippen LogP contribution is -2.70. The quantitative estimate of drug-likeness (QED) is 0.404. The highest BCUT2D eigenvalue weighted by Gasteiger charge is 2.44. The van der Waals surface area contributed by atoms with E-state index in [1.54, 1.807) is 0 Å². The standard InChI is InChI=1S/C6H12N2O/c9-6(3-8-4-6)5-1-7-2-5/h5,7-9H,1-4H2. The predicted octanol–water partition coefficient (Wildman–Crippen LogP) is -1.46. The molecule has 2 saturated heterocycles. The number of hydrogen-bond acceptors (Lipinski definition) is 3. The van der Waals surface area contributed by atoms with Crippen LogP contribution >= 0.6 is 0 Å². The van der Waals surface area contributed by atoms with Crippen molar-refractivity contribution in [3.63, 3.8) is 0 Å². The molecule has 3 N–H and O–H groups in total. The average molecular weight is 128 g/mol. The van der Waals surface area contributed by atoms with Crippen LogP contribution in [0.15, 0.2) is 0 Å². The van der Waals surface area contributed by atoms with E-state index in [4.69, 9.17) is 0 Å². The van der Waals surface area contributed by atoms with Crippen molar-refractivity contribution in [2.24, 2.45) is 5.92 Å². The largest absolute Gasteiger partial charge is 0.387 e. The lowest BCUT2D eigenvalue weighted by molar-refractivity contribution is -0.0778. The van der Waals surface area contributed by atoms with Crippen molar-refractivity contribution in [2.45, 2.75) is 5.60 Å². The summed E-state index contributed by atoms with van der Waals surface area (Å²) in [5.74, 6) is 0.513. The summed E-state index contributed by atoms with van der Waals surface area (Å²) in [5, 5.41) is 15.8. The molecule has 0 spiro atoms. The van der Waals surface area contributed by atoms with Crippen LogP contribution in [-0.4, -0.2) is 36.9 Å². The fourth-order valence-corrected chi connectivity index (χ4v) is 1.34. The van der Waals surface area contributed by atoms with Crippen LogP contribution in [0.3, 0.4) is 0 Å². The molecule has 0 unspecified atom stereocenters. The molecule has 52 valence electrons. The molecule has 0 bridgehead atoms. The van der Waals surface area contributed by atoms with E-state index in [2.05, 4.69) is 10.6 Å². The van der Waals surface area contributed by atoms with Crippen LogP contribution in [-0.2, 0) is 0 Å².